The number of carbonyl (C=O) groups excluding carboxylic acids is 1. The van der Waals surface area contributed by atoms with Crippen molar-refractivity contribution in [1.29, 1.82) is 0 Å². The van der Waals surface area contributed by atoms with E-state index in [0.29, 0.717) is 24.3 Å². The maximum absolute atomic E-state index is 15.0. The van der Waals surface area contributed by atoms with Crippen molar-refractivity contribution >= 4 is 6.09 Å². The van der Waals surface area contributed by atoms with Crippen LogP contribution in [-0.4, -0.2) is 24.1 Å². The highest BCUT2D eigenvalue weighted by atomic mass is 19.4. The van der Waals surface area contributed by atoms with Gasteiger partial charge in [0, 0.05) is 15.7 Å². The Bertz CT molecular complexity index is 1640. The van der Waals surface area contributed by atoms with E-state index in [2.05, 4.69) is 0 Å². The normalized spacial score (nSPS) is 19.7. The zero-order chi connectivity index (χ0) is 35.4. The number of rotatable bonds is 6. The Hall–Kier alpha value is -3.97. The third-order valence-electron chi connectivity index (χ3n) is 7.18. The summed E-state index contributed by atoms with van der Waals surface area (Å²) in [6.45, 7) is -0.930. The summed E-state index contributed by atoms with van der Waals surface area (Å²) in [6.07, 6.45) is -18.2. The first kappa shape index (κ1) is 28.8. The van der Waals surface area contributed by atoms with E-state index < -0.39 is 84.2 Å². The number of hydrogen-bond acceptors (Lipinski definition) is 3. The predicted octanol–water partition coefficient (Wildman–Crippen LogP) is 9.76. The van der Waals surface area contributed by atoms with Crippen molar-refractivity contribution in [2.24, 2.45) is 0 Å². The number of amides is 1. The fraction of sp³-hybridized carbons (Fsp3) is 0.367. The number of carbonyl (C=O) groups is 1. The molecule has 3 atom stereocenters. The minimum atomic E-state index is -5.20. The number of methoxy groups -OCH3 is 1. The number of nitrogens with zero attached hydrogens (tertiary/aromatic N) is 1. The summed E-state index contributed by atoms with van der Waals surface area (Å²) in [5, 5.41) is 0. The molecule has 44 heavy (non-hydrogen) atoms. The van der Waals surface area contributed by atoms with Gasteiger partial charge in [0.15, 0.2) is 0 Å². The molecule has 0 radical (unpaired) electrons. The third-order valence-corrected chi connectivity index (χ3v) is 7.18. The van der Waals surface area contributed by atoms with Crippen molar-refractivity contribution in [2.75, 3.05) is 7.11 Å². The number of ether oxygens (including phenoxy) is 2. The van der Waals surface area contributed by atoms with Crippen molar-refractivity contribution in [2.45, 2.75) is 63.8 Å². The van der Waals surface area contributed by atoms with E-state index >= 15 is 0 Å². The molecule has 0 spiro atoms. The molecule has 1 aliphatic heterocycles. The van der Waals surface area contributed by atoms with Crippen LogP contribution in [0.4, 0.5) is 48.7 Å². The molecule has 0 bridgehead atoms. The molecule has 4 nitrogen and oxygen atoms in total. The van der Waals surface area contributed by atoms with Gasteiger partial charge in [-0.1, -0.05) is 19.8 Å². The van der Waals surface area contributed by atoms with E-state index in [1.54, 1.807) is 0 Å². The second-order valence-corrected chi connectivity index (χ2v) is 10.2. The number of halogens is 10. The van der Waals surface area contributed by atoms with E-state index in [0.717, 1.165) is 30.2 Å². The Labute approximate surface area is 249 Å². The second kappa shape index (κ2) is 11.5. The van der Waals surface area contributed by atoms with Crippen LogP contribution in [0, 0.1) is 5.82 Å². The number of benzene rings is 3. The fourth-order valence-electron chi connectivity index (χ4n) is 4.93. The summed E-state index contributed by atoms with van der Waals surface area (Å²) >= 11 is 0. The Morgan fingerprint density at radius 2 is 1.48 bits per heavy atom. The zero-order valence-corrected chi connectivity index (χ0v) is 23.0. The van der Waals surface area contributed by atoms with Gasteiger partial charge in [-0.2, -0.15) is 39.5 Å². The van der Waals surface area contributed by atoms with E-state index in [4.69, 9.17) is 13.6 Å². The van der Waals surface area contributed by atoms with Crippen LogP contribution in [0.15, 0.2) is 48.5 Å². The van der Waals surface area contributed by atoms with Gasteiger partial charge in [-0.25, -0.2) is 9.18 Å². The van der Waals surface area contributed by atoms with Crippen LogP contribution in [0.3, 0.4) is 0 Å². The molecule has 0 aromatic heterocycles. The SMILES string of the molecule is [2H]C([2H])([2H])C(C)c1cc(-c2ccc(C(F)(F)F)cc2CN2C(=O)O[C@H](c3cc(C(F)(F)F)cc(C(F)(F)F)c3)[C@@H]2C)c(OC)cc1F. The highest BCUT2D eigenvalue weighted by Gasteiger charge is 2.44. The van der Waals surface area contributed by atoms with Crippen LogP contribution < -0.4 is 4.74 Å². The van der Waals surface area contributed by atoms with Gasteiger partial charge >= 0.3 is 24.6 Å². The van der Waals surface area contributed by atoms with Crippen LogP contribution >= 0.6 is 0 Å². The molecule has 1 saturated heterocycles. The van der Waals surface area contributed by atoms with E-state index in [-0.39, 0.29) is 34.1 Å². The Morgan fingerprint density at radius 3 is 2.00 bits per heavy atom. The fourth-order valence-corrected chi connectivity index (χ4v) is 4.93. The van der Waals surface area contributed by atoms with Crippen LogP contribution in [0.5, 0.6) is 5.75 Å². The molecule has 1 fully saturated rings. The van der Waals surface area contributed by atoms with E-state index in [1.807, 2.05) is 0 Å². The van der Waals surface area contributed by atoms with Crippen LogP contribution in [0.2, 0.25) is 0 Å². The maximum Gasteiger partial charge on any atom is 0.416 e. The standard InChI is InChI=1S/C30H25F10NO3/c1-14(2)22-11-23(25(43-4)12-24(22)31)21-6-5-18(28(32,33)34)9-17(21)13-41-15(3)26(44-27(41)42)16-7-19(29(35,36)37)10-20(8-16)30(38,39)40/h5-12,14-15,26H,13H2,1-4H3/t15-,26-/m0/s1/i1D3/t14?,15-,26-. The highest BCUT2D eigenvalue weighted by molar-refractivity contribution is 5.76. The van der Waals surface area contributed by atoms with Gasteiger partial charge in [0.05, 0.1) is 36.4 Å². The molecule has 3 aromatic rings. The molecule has 3 aromatic carbocycles. The zero-order valence-electron chi connectivity index (χ0n) is 26.0. The summed E-state index contributed by atoms with van der Waals surface area (Å²) in [5.74, 6) is -2.54. The van der Waals surface area contributed by atoms with Crippen molar-refractivity contribution in [3.8, 4) is 16.9 Å². The molecule has 14 heteroatoms. The summed E-state index contributed by atoms with van der Waals surface area (Å²) in [7, 11) is 1.13. The minimum Gasteiger partial charge on any atom is -0.496 e. The third kappa shape index (κ3) is 6.58. The van der Waals surface area contributed by atoms with Gasteiger partial charge in [-0.15, -0.1) is 0 Å². The van der Waals surface area contributed by atoms with E-state index in [9.17, 15) is 48.7 Å². The minimum absolute atomic E-state index is 0.0480. The molecule has 1 unspecified atom stereocenters. The van der Waals surface area contributed by atoms with Gasteiger partial charge in [-0.3, -0.25) is 4.90 Å². The van der Waals surface area contributed by atoms with E-state index in [1.165, 1.54) is 13.8 Å². The molecule has 1 amide bonds. The van der Waals surface area contributed by atoms with Crippen LogP contribution in [-0.2, 0) is 29.8 Å². The Kier molecular flexibility index (Phi) is 7.53. The first-order valence-corrected chi connectivity index (χ1v) is 12.8. The van der Waals surface area contributed by atoms with Crippen molar-refractivity contribution in [1.82, 2.24) is 4.90 Å². The van der Waals surface area contributed by atoms with Crippen molar-refractivity contribution in [3.63, 3.8) is 0 Å². The summed E-state index contributed by atoms with van der Waals surface area (Å²) in [5.41, 5.74) is -5.82. The lowest BCUT2D eigenvalue weighted by molar-refractivity contribution is -0.143. The second-order valence-electron chi connectivity index (χ2n) is 10.2. The summed E-state index contributed by atoms with van der Waals surface area (Å²) in [6, 6.07) is 3.65. The number of cyclic esters (lactones) is 1. The average Bonchev–Trinajstić information content (AvgIpc) is 3.23. The Balaban J connectivity index is 1.84. The molecule has 4 rings (SSSR count). The first-order valence-electron chi connectivity index (χ1n) is 14.3. The molecule has 1 aliphatic rings. The van der Waals surface area contributed by atoms with Gasteiger partial charge in [0.25, 0.3) is 0 Å². The predicted molar refractivity (Wildman–Crippen MR) is 138 cm³/mol. The molecular weight excluding hydrogens is 612 g/mol. The number of hydrogen-bond donors (Lipinski definition) is 0. The lowest BCUT2D eigenvalue weighted by Crippen LogP contribution is -2.32. The molecule has 0 aliphatic carbocycles. The molecule has 0 N–H and O–H groups in total. The highest BCUT2D eigenvalue weighted by Crippen LogP contribution is 2.43. The van der Waals surface area contributed by atoms with Gasteiger partial charge in [0.1, 0.15) is 17.7 Å². The summed E-state index contributed by atoms with van der Waals surface area (Å²) < 4.78 is 171. The molecule has 238 valence electrons. The maximum atomic E-state index is 15.0. The largest absolute Gasteiger partial charge is 0.496 e. The van der Waals surface area contributed by atoms with Gasteiger partial charge in [-0.05, 0) is 71.5 Å². The monoisotopic (exact) mass is 640 g/mol. The quantitative estimate of drug-likeness (QED) is 0.252. The summed E-state index contributed by atoms with van der Waals surface area (Å²) in [4.78, 5) is 13.8. The van der Waals surface area contributed by atoms with Crippen molar-refractivity contribution in [3.05, 3.63) is 87.7 Å². The van der Waals surface area contributed by atoms with Gasteiger partial charge < -0.3 is 9.47 Å². The van der Waals surface area contributed by atoms with Crippen LogP contribution in [0.25, 0.3) is 11.1 Å². The molecule has 0 saturated carbocycles. The van der Waals surface area contributed by atoms with Gasteiger partial charge in [0.2, 0.25) is 0 Å². The average molecular weight is 641 g/mol. The first-order chi connectivity index (χ1) is 21.4. The molecule has 1 heterocycles. The smallest absolute Gasteiger partial charge is 0.416 e. The topological polar surface area (TPSA) is 38.8 Å². The van der Waals surface area contributed by atoms with Crippen LogP contribution in [0.1, 0.15) is 70.2 Å². The lowest BCUT2D eigenvalue weighted by atomic mass is 9.91. The Morgan fingerprint density at radius 1 is 0.886 bits per heavy atom. The molecular formula is C30H25F10NO3. The lowest BCUT2D eigenvalue weighted by Gasteiger charge is -2.24. The van der Waals surface area contributed by atoms with Crippen molar-refractivity contribution < 1.29 is 62.3 Å². The number of alkyl halides is 9.